The van der Waals surface area contributed by atoms with Gasteiger partial charge in [-0.15, -0.1) is 0 Å². The number of hydrogen-bond acceptors (Lipinski definition) is 3. The first-order valence-electron chi connectivity index (χ1n) is 6.75. The predicted molar refractivity (Wildman–Crippen MR) is 86.9 cm³/mol. The van der Waals surface area contributed by atoms with E-state index in [1.54, 1.807) is 6.92 Å². The third-order valence-corrected chi connectivity index (χ3v) is 3.61. The number of amides is 1. The summed E-state index contributed by atoms with van der Waals surface area (Å²) in [5.74, 6) is -0.496. The monoisotopic (exact) mass is 357 g/mol. The summed E-state index contributed by atoms with van der Waals surface area (Å²) >= 11 is 12.1. The molecule has 0 radical (unpaired) electrons. The lowest BCUT2D eigenvalue weighted by molar-refractivity contribution is 0.0999. The van der Waals surface area contributed by atoms with Crippen LogP contribution in [0, 0.1) is 5.82 Å². The quantitative estimate of drug-likeness (QED) is 0.842. The van der Waals surface area contributed by atoms with E-state index in [1.807, 2.05) is 0 Å². The molecule has 7 heteroatoms. The molecular weight excluding hydrogens is 344 g/mol. The summed E-state index contributed by atoms with van der Waals surface area (Å²) in [6.07, 6.45) is 0. The number of carbonyl (C=O) groups is 1. The summed E-state index contributed by atoms with van der Waals surface area (Å²) in [6, 6.07) is 6.85. The van der Waals surface area contributed by atoms with Gasteiger partial charge in [0.1, 0.15) is 12.4 Å². The van der Waals surface area contributed by atoms with E-state index in [0.717, 1.165) is 0 Å². The Kier molecular flexibility index (Phi) is 5.69. The van der Waals surface area contributed by atoms with Crippen molar-refractivity contribution in [3.05, 3.63) is 57.3 Å². The van der Waals surface area contributed by atoms with Gasteiger partial charge in [0.25, 0.3) is 0 Å². The van der Waals surface area contributed by atoms with Gasteiger partial charge in [0.15, 0.2) is 11.5 Å². The number of benzene rings is 2. The third-order valence-electron chi connectivity index (χ3n) is 2.98. The predicted octanol–water partition coefficient (Wildman–Crippen LogP) is 4.21. The molecule has 1 amide bonds. The molecule has 23 heavy (non-hydrogen) atoms. The van der Waals surface area contributed by atoms with Gasteiger partial charge in [-0.25, -0.2) is 4.39 Å². The van der Waals surface area contributed by atoms with E-state index in [1.165, 1.54) is 30.3 Å². The minimum absolute atomic E-state index is 0.0643. The summed E-state index contributed by atoms with van der Waals surface area (Å²) in [5, 5.41) is 0.427. The lowest BCUT2D eigenvalue weighted by Crippen LogP contribution is -2.12. The van der Waals surface area contributed by atoms with Gasteiger partial charge in [-0.2, -0.15) is 0 Å². The Hall–Kier alpha value is -1.98. The molecule has 2 N–H and O–H groups in total. The van der Waals surface area contributed by atoms with Crippen LogP contribution in [0.5, 0.6) is 11.5 Å². The zero-order valence-corrected chi connectivity index (χ0v) is 13.7. The van der Waals surface area contributed by atoms with Gasteiger partial charge < -0.3 is 15.2 Å². The second-order valence-corrected chi connectivity index (χ2v) is 5.42. The number of nitrogens with two attached hydrogens (primary N) is 1. The molecular formula is C16H14Cl2FNO3. The number of primary amides is 1. The van der Waals surface area contributed by atoms with Crippen LogP contribution in [-0.4, -0.2) is 12.5 Å². The van der Waals surface area contributed by atoms with Crippen molar-refractivity contribution in [1.82, 2.24) is 0 Å². The molecule has 0 saturated heterocycles. The largest absolute Gasteiger partial charge is 0.490 e. The number of rotatable bonds is 6. The summed E-state index contributed by atoms with van der Waals surface area (Å²) in [7, 11) is 0. The minimum Gasteiger partial charge on any atom is -0.490 e. The molecule has 0 bridgehead atoms. The second-order valence-electron chi connectivity index (χ2n) is 4.61. The number of halogens is 3. The fourth-order valence-corrected chi connectivity index (χ4v) is 2.39. The van der Waals surface area contributed by atoms with E-state index in [0.29, 0.717) is 17.9 Å². The van der Waals surface area contributed by atoms with Gasteiger partial charge >= 0.3 is 0 Å². The van der Waals surface area contributed by atoms with E-state index >= 15 is 0 Å². The van der Waals surface area contributed by atoms with Gasteiger partial charge in [-0.3, -0.25) is 4.79 Å². The summed E-state index contributed by atoms with van der Waals surface area (Å²) in [4.78, 5) is 11.3. The number of carbonyl (C=O) groups excluding carboxylic acids is 1. The minimum atomic E-state index is -0.624. The van der Waals surface area contributed by atoms with Crippen molar-refractivity contribution in [2.45, 2.75) is 13.5 Å². The molecule has 4 nitrogen and oxygen atoms in total. The van der Waals surface area contributed by atoms with E-state index in [2.05, 4.69) is 0 Å². The highest BCUT2D eigenvalue weighted by Gasteiger charge is 2.15. The average molecular weight is 358 g/mol. The van der Waals surface area contributed by atoms with Crippen molar-refractivity contribution in [3.8, 4) is 11.5 Å². The first-order valence-corrected chi connectivity index (χ1v) is 7.50. The van der Waals surface area contributed by atoms with Crippen LogP contribution in [0.25, 0.3) is 0 Å². The molecule has 2 rings (SSSR count). The molecule has 2 aromatic carbocycles. The van der Waals surface area contributed by atoms with Crippen LogP contribution in [0.2, 0.25) is 10.0 Å². The molecule has 122 valence electrons. The molecule has 0 aliphatic heterocycles. The first-order chi connectivity index (χ1) is 10.9. The van der Waals surface area contributed by atoms with Crippen LogP contribution in [0.1, 0.15) is 22.8 Å². The number of ether oxygens (including phenoxy) is 2. The maximum atomic E-state index is 13.0. The van der Waals surface area contributed by atoms with Crippen LogP contribution < -0.4 is 15.2 Å². The van der Waals surface area contributed by atoms with E-state index < -0.39 is 11.7 Å². The maximum absolute atomic E-state index is 13.0. The molecule has 0 aliphatic rings. The molecule has 0 heterocycles. The Labute approximate surface area is 142 Å². The van der Waals surface area contributed by atoms with Crippen LogP contribution in [0.4, 0.5) is 4.39 Å². The molecule has 0 unspecified atom stereocenters. The van der Waals surface area contributed by atoms with Crippen molar-refractivity contribution in [3.63, 3.8) is 0 Å². The fraction of sp³-hybridized carbons (Fsp3) is 0.188. The fourth-order valence-electron chi connectivity index (χ4n) is 1.90. The molecule has 0 aliphatic carbocycles. The Bertz CT molecular complexity index is 738. The van der Waals surface area contributed by atoms with Crippen LogP contribution in [-0.2, 0) is 6.61 Å². The Morgan fingerprint density at radius 2 is 1.91 bits per heavy atom. The summed E-state index contributed by atoms with van der Waals surface area (Å²) in [5.41, 5.74) is 6.05. The topological polar surface area (TPSA) is 61.5 Å². The van der Waals surface area contributed by atoms with Crippen molar-refractivity contribution in [2.24, 2.45) is 5.73 Å². The average Bonchev–Trinajstić information content (AvgIpc) is 2.48. The molecule has 0 spiro atoms. The second kappa shape index (κ2) is 7.53. The maximum Gasteiger partial charge on any atom is 0.248 e. The van der Waals surface area contributed by atoms with Gasteiger partial charge in [0.2, 0.25) is 5.91 Å². The highest BCUT2D eigenvalue weighted by atomic mass is 35.5. The number of hydrogen-bond donors (Lipinski definition) is 1. The molecule has 0 atom stereocenters. The van der Waals surface area contributed by atoms with E-state index in [9.17, 15) is 9.18 Å². The third kappa shape index (κ3) is 4.27. The summed E-state index contributed by atoms with van der Waals surface area (Å²) < 4.78 is 24.1. The van der Waals surface area contributed by atoms with Gasteiger partial charge in [-0.05, 0) is 31.2 Å². The Balaban J connectivity index is 2.29. The molecule has 0 fully saturated rings. The Morgan fingerprint density at radius 3 is 2.52 bits per heavy atom. The Morgan fingerprint density at radius 1 is 1.17 bits per heavy atom. The highest BCUT2D eigenvalue weighted by molar-refractivity contribution is 6.32. The zero-order chi connectivity index (χ0) is 17.0. The lowest BCUT2D eigenvalue weighted by Gasteiger charge is -2.15. The van der Waals surface area contributed by atoms with E-state index in [-0.39, 0.29) is 28.0 Å². The van der Waals surface area contributed by atoms with Gasteiger partial charge in [-0.1, -0.05) is 29.3 Å². The first kappa shape index (κ1) is 17.4. The van der Waals surface area contributed by atoms with Crippen LogP contribution >= 0.6 is 23.2 Å². The van der Waals surface area contributed by atoms with Crippen LogP contribution in [0.15, 0.2) is 30.3 Å². The lowest BCUT2D eigenvalue weighted by atomic mass is 10.2. The van der Waals surface area contributed by atoms with Crippen molar-refractivity contribution < 1.29 is 18.7 Å². The van der Waals surface area contributed by atoms with Crippen LogP contribution in [0.3, 0.4) is 0 Å². The molecule has 2 aromatic rings. The zero-order valence-electron chi connectivity index (χ0n) is 12.2. The SMILES string of the molecule is CCOc1cc(C(N)=O)cc(Cl)c1OCc1ccc(F)cc1Cl. The van der Waals surface area contributed by atoms with Crippen molar-refractivity contribution in [2.75, 3.05) is 6.61 Å². The smallest absolute Gasteiger partial charge is 0.248 e. The van der Waals surface area contributed by atoms with Gasteiger partial charge in [0, 0.05) is 11.1 Å². The van der Waals surface area contributed by atoms with Gasteiger partial charge in [0.05, 0.1) is 16.7 Å². The highest BCUT2D eigenvalue weighted by Crippen LogP contribution is 2.37. The summed E-state index contributed by atoms with van der Waals surface area (Å²) in [6.45, 7) is 2.20. The van der Waals surface area contributed by atoms with E-state index in [4.69, 9.17) is 38.4 Å². The molecule has 0 aromatic heterocycles. The van der Waals surface area contributed by atoms with Crippen molar-refractivity contribution >= 4 is 29.1 Å². The normalized spacial score (nSPS) is 10.4. The standard InChI is InChI=1S/C16H14Cl2FNO3/c1-2-22-14-6-10(16(20)21)5-13(18)15(14)23-8-9-3-4-11(19)7-12(9)17/h3-7H,2,8H2,1H3,(H2,20,21). The van der Waals surface area contributed by atoms with Crippen molar-refractivity contribution in [1.29, 1.82) is 0 Å². The molecule has 0 saturated carbocycles.